The summed E-state index contributed by atoms with van der Waals surface area (Å²) in [6, 6.07) is 7.34. The van der Waals surface area contributed by atoms with E-state index in [0.29, 0.717) is 6.04 Å². The molecule has 0 amide bonds. The third-order valence-electron chi connectivity index (χ3n) is 3.58. The Morgan fingerprint density at radius 3 is 2.18 bits per heavy atom. The summed E-state index contributed by atoms with van der Waals surface area (Å²) in [5.74, 6) is 0.627. The largest absolute Gasteiger partial charge is 0.317 e. The first-order valence-electron chi connectivity index (χ1n) is 6.61. The number of rotatable bonds is 7. The molecule has 0 aliphatic rings. The van der Waals surface area contributed by atoms with Crippen LogP contribution >= 0.6 is 0 Å². The van der Waals surface area contributed by atoms with Crippen LogP contribution in [0.15, 0.2) is 24.3 Å². The van der Waals surface area contributed by atoms with E-state index in [1.165, 1.54) is 24.8 Å². The molecule has 0 aliphatic carbocycles. The summed E-state index contributed by atoms with van der Waals surface area (Å²) < 4.78 is 12.8. The van der Waals surface area contributed by atoms with Gasteiger partial charge in [0.25, 0.3) is 0 Å². The second-order valence-electron chi connectivity index (χ2n) is 4.73. The van der Waals surface area contributed by atoms with E-state index in [1.807, 2.05) is 19.2 Å². The van der Waals surface area contributed by atoms with Crippen LogP contribution in [0.2, 0.25) is 0 Å². The van der Waals surface area contributed by atoms with Crippen LogP contribution in [0.3, 0.4) is 0 Å². The van der Waals surface area contributed by atoms with Crippen LogP contribution in [0.25, 0.3) is 0 Å². The molecule has 0 bridgehead atoms. The maximum Gasteiger partial charge on any atom is 0.123 e. The Labute approximate surface area is 104 Å². The van der Waals surface area contributed by atoms with Gasteiger partial charge in [0.05, 0.1) is 0 Å². The molecule has 17 heavy (non-hydrogen) atoms. The van der Waals surface area contributed by atoms with E-state index in [-0.39, 0.29) is 5.82 Å². The standard InChI is InChI=1S/C15H24FN/c1-4-12(5-2)10-15(17-3)11-13-6-8-14(16)9-7-13/h6-9,12,15,17H,4-5,10-11H2,1-3H3. The summed E-state index contributed by atoms with van der Waals surface area (Å²) in [7, 11) is 2.01. The summed E-state index contributed by atoms with van der Waals surface area (Å²) in [5.41, 5.74) is 1.21. The maximum atomic E-state index is 12.8. The van der Waals surface area contributed by atoms with Gasteiger partial charge in [-0.15, -0.1) is 0 Å². The predicted octanol–water partition coefficient (Wildman–Crippen LogP) is 3.78. The van der Waals surface area contributed by atoms with Crippen LogP contribution in [0.5, 0.6) is 0 Å². The zero-order valence-electron chi connectivity index (χ0n) is 11.2. The highest BCUT2D eigenvalue weighted by Gasteiger charge is 2.13. The highest BCUT2D eigenvalue weighted by molar-refractivity contribution is 5.17. The third kappa shape index (κ3) is 4.86. The molecule has 1 rings (SSSR count). The van der Waals surface area contributed by atoms with Gasteiger partial charge in [-0.1, -0.05) is 38.8 Å². The molecule has 1 aromatic rings. The second-order valence-corrected chi connectivity index (χ2v) is 4.73. The van der Waals surface area contributed by atoms with Crippen LogP contribution in [-0.2, 0) is 6.42 Å². The summed E-state index contributed by atoms with van der Waals surface area (Å²) in [6.07, 6.45) is 4.64. The molecule has 2 heteroatoms. The van der Waals surface area contributed by atoms with E-state index in [1.54, 1.807) is 12.1 Å². The topological polar surface area (TPSA) is 12.0 Å². The van der Waals surface area contributed by atoms with Gasteiger partial charge in [-0.25, -0.2) is 4.39 Å². The van der Waals surface area contributed by atoms with Crippen molar-refractivity contribution >= 4 is 0 Å². The Hall–Kier alpha value is -0.890. The molecule has 0 saturated heterocycles. The van der Waals surface area contributed by atoms with Crippen molar-refractivity contribution in [2.75, 3.05) is 7.05 Å². The van der Waals surface area contributed by atoms with E-state index >= 15 is 0 Å². The molecule has 0 fully saturated rings. The Morgan fingerprint density at radius 1 is 1.12 bits per heavy atom. The minimum absolute atomic E-state index is 0.158. The SMILES string of the molecule is CCC(CC)CC(Cc1ccc(F)cc1)NC. The fraction of sp³-hybridized carbons (Fsp3) is 0.600. The van der Waals surface area contributed by atoms with Gasteiger partial charge in [-0.05, 0) is 43.5 Å². The van der Waals surface area contributed by atoms with Gasteiger partial charge in [0.15, 0.2) is 0 Å². The molecule has 0 aliphatic heterocycles. The van der Waals surface area contributed by atoms with Gasteiger partial charge < -0.3 is 5.32 Å². The van der Waals surface area contributed by atoms with Crippen molar-refractivity contribution in [3.8, 4) is 0 Å². The number of hydrogen-bond acceptors (Lipinski definition) is 1. The van der Waals surface area contributed by atoms with Crippen molar-refractivity contribution in [1.82, 2.24) is 5.32 Å². The Balaban J connectivity index is 2.54. The summed E-state index contributed by atoms with van der Waals surface area (Å²) >= 11 is 0. The molecule has 0 heterocycles. The first kappa shape index (κ1) is 14.2. The van der Waals surface area contributed by atoms with Crippen LogP contribution < -0.4 is 5.32 Å². The number of halogens is 1. The molecule has 0 radical (unpaired) electrons. The van der Waals surface area contributed by atoms with Crippen molar-refractivity contribution in [1.29, 1.82) is 0 Å². The highest BCUT2D eigenvalue weighted by Crippen LogP contribution is 2.17. The van der Waals surface area contributed by atoms with Crippen LogP contribution in [0.1, 0.15) is 38.7 Å². The number of benzene rings is 1. The molecule has 0 spiro atoms. The minimum atomic E-state index is -0.158. The van der Waals surface area contributed by atoms with Gasteiger partial charge in [0, 0.05) is 6.04 Å². The van der Waals surface area contributed by atoms with Gasteiger partial charge in [0.2, 0.25) is 0 Å². The molecule has 1 aromatic carbocycles. The summed E-state index contributed by atoms with van der Waals surface area (Å²) in [4.78, 5) is 0. The molecule has 1 atom stereocenters. The van der Waals surface area contributed by atoms with E-state index in [9.17, 15) is 4.39 Å². The lowest BCUT2D eigenvalue weighted by Crippen LogP contribution is -2.30. The molecule has 1 N–H and O–H groups in total. The van der Waals surface area contributed by atoms with Crippen LogP contribution in [0, 0.1) is 11.7 Å². The summed E-state index contributed by atoms with van der Waals surface area (Å²) in [6.45, 7) is 4.50. The molecule has 1 nitrogen and oxygen atoms in total. The molecular formula is C15H24FN. The van der Waals surface area contributed by atoms with Crippen molar-refractivity contribution in [3.05, 3.63) is 35.6 Å². The number of likely N-dealkylation sites (N-methyl/N-ethyl adjacent to an activating group) is 1. The van der Waals surface area contributed by atoms with Crippen LogP contribution in [0.4, 0.5) is 4.39 Å². The molecular weight excluding hydrogens is 213 g/mol. The van der Waals surface area contributed by atoms with Gasteiger partial charge in [-0.3, -0.25) is 0 Å². The minimum Gasteiger partial charge on any atom is -0.317 e. The van der Waals surface area contributed by atoms with Crippen molar-refractivity contribution in [3.63, 3.8) is 0 Å². The quantitative estimate of drug-likeness (QED) is 0.761. The maximum absolute atomic E-state index is 12.8. The van der Waals surface area contributed by atoms with Gasteiger partial charge >= 0.3 is 0 Å². The lowest BCUT2D eigenvalue weighted by atomic mass is 9.91. The smallest absolute Gasteiger partial charge is 0.123 e. The van der Waals surface area contributed by atoms with Gasteiger partial charge in [0.1, 0.15) is 5.82 Å². The molecule has 1 unspecified atom stereocenters. The Morgan fingerprint density at radius 2 is 1.71 bits per heavy atom. The highest BCUT2D eigenvalue weighted by atomic mass is 19.1. The van der Waals surface area contributed by atoms with Crippen molar-refractivity contribution in [2.45, 2.75) is 45.6 Å². The van der Waals surface area contributed by atoms with E-state index < -0.39 is 0 Å². The van der Waals surface area contributed by atoms with Crippen molar-refractivity contribution in [2.24, 2.45) is 5.92 Å². The zero-order chi connectivity index (χ0) is 12.7. The number of nitrogens with one attached hydrogen (secondary N) is 1. The second kappa shape index (κ2) is 7.44. The average Bonchev–Trinajstić information content (AvgIpc) is 2.37. The van der Waals surface area contributed by atoms with Gasteiger partial charge in [-0.2, -0.15) is 0 Å². The predicted molar refractivity (Wildman–Crippen MR) is 71.6 cm³/mol. The lowest BCUT2D eigenvalue weighted by Gasteiger charge is -2.21. The average molecular weight is 237 g/mol. The van der Waals surface area contributed by atoms with Crippen molar-refractivity contribution < 1.29 is 4.39 Å². The summed E-state index contributed by atoms with van der Waals surface area (Å²) in [5, 5.41) is 3.37. The third-order valence-corrected chi connectivity index (χ3v) is 3.58. The normalized spacial score (nSPS) is 13.0. The lowest BCUT2D eigenvalue weighted by molar-refractivity contribution is 0.377. The van der Waals surface area contributed by atoms with Crippen LogP contribution in [-0.4, -0.2) is 13.1 Å². The fourth-order valence-electron chi connectivity index (χ4n) is 2.23. The van der Waals surface area contributed by atoms with E-state index in [2.05, 4.69) is 19.2 Å². The first-order valence-corrected chi connectivity index (χ1v) is 6.61. The fourth-order valence-corrected chi connectivity index (χ4v) is 2.23. The van der Waals surface area contributed by atoms with E-state index in [0.717, 1.165) is 12.3 Å². The molecule has 0 saturated carbocycles. The monoisotopic (exact) mass is 237 g/mol. The first-order chi connectivity index (χ1) is 8.19. The zero-order valence-corrected chi connectivity index (χ0v) is 11.2. The Kier molecular flexibility index (Phi) is 6.20. The molecule has 96 valence electrons. The van der Waals surface area contributed by atoms with E-state index in [4.69, 9.17) is 0 Å². The number of hydrogen-bond donors (Lipinski definition) is 1. The Bertz CT molecular complexity index is 303. The molecule has 0 aromatic heterocycles.